The fraction of sp³-hybridized carbons (Fsp3) is 0.600. The van der Waals surface area contributed by atoms with Crippen LogP contribution in [0.4, 0.5) is 5.69 Å². The fourth-order valence-electron chi connectivity index (χ4n) is 3.22. The Morgan fingerprint density at radius 2 is 1.96 bits per heavy atom. The molecule has 1 unspecified atom stereocenters. The first-order valence-electron chi connectivity index (χ1n) is 9.89. The van der Waals surface area contributed by atoms with Gasteiger partial charge in [-0.1, -0.05) is 18.2 Å². The summed E-state index contributed by atoms with van der Waals surface area (Å²) in [6, 6.07) is 11.4. The Morgan fingerprint density at radius 1 is 1.15 bits per heavy atom. The number of amides is 1. The van der Waals surface area contributed by atoms with E-state index in [1.165, 1.54) is 5.69 Å². The maximum atomic E-state index is 11.7. The molecule has 26 heavy (non-hydrogen) atoms. The zero-order chi connectivity index (χ0) is 18.2. The van der Waals surface area contributed by atoms with Crippen LogP contribution in [0.15, 0.2) is 35.3 Å². The average molecular weight is 358 g/mol. The van der Waals surface area contributed by atoms with Crippen molar-refractivity contribution < 1.29 is 4.79 Å². The van der Waals surface area contributed by atoms with Crippen LogP contribution in [0, 0.1) is 0 Å². The van der Waals surface area contributed by atoms with Crippen LogP contribution in [-0.2, 0) is 4.79 Å². The number of benzene rings is 1. The Balaban J connectivity index is 1.41. The van der Waals surface area contributed by atoms with Gasteiger partial charge in [-0.25, -0.2) is 0 Å². The van der Waals surface area contributed by atoms with Gasteiger partial charge in [0, 0.05) is 50.4 Å². The van der Waals surface area contributed by atoms with Crippen molar-refractivity contribution >= 4 is 17.6 Å². The maximum Gasteiger partial charge on any atom is 0.220 e. The summed E-state index contributed by atoms with van der Waals surface area (Å²) in [4.78, 5) is 18.8. The molecule has 2 aliphatic rings. The molecule has 1 amide bonds. The van der Waals surface area contributed by atoms with E-state index >= 15 is 0 Å². The van der Waals surface area contributed by atoms with Crippen molar-refractivity contribution in [1.29, 1.82) is 0 Å². The second kappa shape index (κ2) is 9.46. The first-order chi connectivity index (χ1) is 12.7. The van der Waals surface area contributed by atoms with Gasteiger partial charge >= 0.3 is 0 Å². The molecule has 2 fully saturated rings. The van der Waals surface area contributed by atoms with Crippen molar-refractivity contribution in [3.05, 3.63) is 30.3 Å². The number of carbonyl (C=O) groups is 1. The molecule has 6 nitrogen and oxygen atoms in total. The summed E-state index contributed by atoms with van der Waals surface area (Å²) in [5.41, 5.74) is 1.28. The molecule has 1 aliphatic carbocycles. The van der Waals surface area contributed by atoms with Gasteiger partial charge in [0.2, 0.25) is 5.91 Å². The molecule has 1 aromatic rings. The van der Waals surface area contributed by atoms with Gasteiger partial charge in [0.05, 0.1) is 0 Å². The van der Waals surface area contributed by atoms with Crippen LogP contribution < -0.4 is 20.9 Å². The second-order valence-electron chi connectivity index (χ2n) is 7.12. The minimum atomic E-state index is 0.162. The van der Waals surface area contributed by atoms with Crippen molar-refractivity contribution in [2.45, 2.75) is 51.1 Å². The highest BCUT2D eigenvalue weighted by atomic mass is 16.1. The molecule has 1 aromatic carbocycles. The molecule has 1 saturated carbocycles. The first kappa shape index (κ1) is 18.5. The lowest BCUT2D eigenvalue weighted by atomic mass is 10.2. The molecule has 0 spiro atoms. The summed E-state index contributed by atoms with van der Waals surface area (Å²) in [7, 11) is 0. The molecule has 1 atom stereocenters. The first-order valence-corrected chi connectivity index (χ1v) is 9.89. The third kappa shape index (κ3) is 5.93. The lowest BCUT2D eigenvalue weighted by Crippen LogP contribution is -2.44. The van der Waals surface area contributed by atoms with E-state index in [0.717, 1.165) is 51.3 Å². The minimum Gasteiger partial charge on any atom is -0.369 e. The Hall–Kier alpha value is -2.24. The third-order valence-electron chi connectivity index (χ3n) is 4.77. The Morgan fingerprint density at radius 3 is 2.69 bits per heavy atom. The summed E-state index contributed by atoms with van der Waals surface area (Å²) in [6.07, 6.45) is 4.73. The van der Waals surface area contributed by atoms with Gasteiger partial charge < -0.3 is 20.9 Å². The number of para-hydroxylation sites is 1. The Bertz CT molecular complexity index is 599. The Kier molecular flexibility index (Phi) is 6.75. The highest BCUT2D eigenvalue weighted by Crippen LogP contribution is 2.20. The summed E-state index contributed by atoms with van der Waals surface area (Å²) in [6.45, 7) is 5.62. The molecule has 142 valence electrons. The number of anilines is 1. The van der Waals surface area contributed by atoms with Crippen LogP contribution in [0.1, 0.15) is 39.0 Å². The van der Waals surface area contributed by atoms with E-state index in [0.29, 0.717) is 25.0 Å². The smallest absolute Gasteiger partial charge is 0.220 e. The quantitative estimate of drug-likeness (QED) is 0.377. The van der Waals surface area contributed by atoms with E-state index in [9.17, 15) is 4.79 Å². The van der Waals surface area contributed by atoms with Crippen molar-refractivity contribution in [3.63, 3.8) is 0 Å². The van der Waals surface area contributed by atoms with Crippen LogP contribution in [0.2, 0.25) is 0 Å². The molecular formula is C20H31N5O. The zero-order valence-corrected chi connectivity index (χ0v) is 15.7. The van der Waals surface area contributed by atoms with Gasteiger partial charge in [0.15, 0.2) is 5.96 Å². The predicted molar refractivity (Wildman–Crippen MR) is 107 cm³/mol. The van der Waals surface area contributed by atoms with E-state index in [1.807, 2.05) is 0 Å². The number of nitrogens with one attached hydrogen (secondary N) is 3. The molecule has 3 rings (SSSR count). The van der Waals surface area contributed by atoms with E-state index in [1.54, 1.807) is 0 Å². The topological polar surface area (TPSA) is 68.8 Å². The lowest BCUT2D eigenvalue weighted by molar-refractivity contribution is -0.121. The molecule has 0 radical (unpaired) electrons. The van der Waals surface area contributed by atoms with Gasteiger partial charge in [0.25, 0.3) is 0 Å². The summed E-state index contributed by atoms with van der Waals surface area (Å²) >= 11 is 0. The highest BCUT2D eigenvalue weighted by molar-refractivity contribution is 5.80. The number of rotatable bonds is 8. The van der Waals surface area contributed by atoms with Crippen molar-refractivity contribution in [2.75, 3.05) is 31.1 Å². The minimum absolute atomic E-state index is 0.162. The van der Waals surface area contributed by atoms with Crippen LogP contribution in [0.3, 0.4) is 0 Å². The van der Waals surface area contributed by atoms with Gasteiger partial charge in [0.1, 0.15) is 0 Å². The number of hydrogen-bond donors (Lipinski definition) is 3. The highest BCUT2D eigenvalue weighted by Gasteiger charge is 2.24. The van der Waals surface area contributed by atoms with E-state index in [4.69, 9.17) is 0 Å². The fourth-order valence-corrected chi connectivity index (χ4v) is 3.22. The number of hydrogen-bond acceptors (Lipinski definition) is 3. The molecule has 0 aromatic heterocycles. The number of aliphatic imine (C=N–C) groups is 1. The summed E-state index contributed by atoms with van der Waals surface area (Å²) in [5.74, 6) is 1.02. The molecule has 1 heterocycles. The molecule has 6 heteroatoms. The van der Waals surface area contributed by atoms with Gasteiger partial charge in [-0.3, -0.25) is 9.79 Å². The van der Waals surface area contributed by atoms with Crippen LogP contribution in [0.5, 0.6) is 0 Å². The van der Waals surface area contributed by atoms with E-state index < -0.39 is 0 Å². The average Bonchev–Trinajstić information content (AvgIpc) is 3.34. The van der Waals surface area contributed by atoms with E-state index in [2.05, 4.69) is 63.1 Å². The summed E-state index contributed by atoms with van der Waals surface area (Å²) < 4.78 is 0. The Labute approximate surface area is 156 Å². The van der Waals surface area contributed by atoms with Crippen LogP contribution >= 0.6 is 0 Å². The third-order valence-corrected chi connectivity index (χ3v) is 4.77. The van der Waals surface area contributed by atoms with Gasteiger partial charge in [-0.05, 0) is 44.7 Å². The molecule has 3 N–H and O–H groups in total. The van der Waals surface area contributed by atoms with Crippen molar-refractivity contribution in [2.24, 2.45) is 4.99 Å². The largest absolute Gasteiger partial charge is 0.369 e. The van der Waals surface area contributed by atoms with Crippen LogP contribution in [-0.4, -0.2) is 50.1 Å². The zero-order valence-electron chi connectivity index (χ0n) is 15.7. The lowest BCUT2D eigenvalue weighted by Gasteiger charge is -2.20. The van der Waals surface area contributed by atoms with Gasteiger partial charge in [-0.2, -0.15) is 0 Å². The maximum absolute atomic E-state index is 11.7. The molecule has 1 saturated heterocycles. The number of guanidine groups is 1. The monoisotopic (exact) mass is 357 g/mol. The van der Waals surface area contributed by atoms with Crippen LogP contribution in [0.25, 0.3) is 0 Å². The van der Waals surface area contributed by atoms with Crippen molar-refractivity contribution in [3.8, 4) is 0 Å². The number of nitrogens with zero attached hydrogens (tertiary/aromatic N) is 2. The SMILES string of the molecule is CCNC(=NCCCC(=O)NC1CC1)NC1CCN(c2ccccc2)C1. The number of carbonyl (C=O) groups excluding carboxylic acids is 1. The predicted octanol–water partition coefficient (Wildman–Crippen LogP) is 1.88. The standard InChI is InChI=1S/C20H31N5O/c1-2-21-20(22-13-6-9-19(26)23-16-10-11-16)24-17-12-14-25(15-17)18-7-4-3-5-8-18/h3-5,7-8,16-17H,2,6,9-15H2,1H3,(H,23,26)(H2,21,22,24). The molecule has 1 aliphatic heterocycles. The molecular weight excluding hydrogens is 326 g/mol. The van der Waals surface area contributed by atoms with Crippen molar-refractivity contribution in [1.82, 2.24) is 16.0 Å². The van der Waals surface area contributed by atoms with E-state index in [-0.39, 0.29) is 5.91 Å². The second-order valence-corrected chi connectivity index (χ2v) is 7.12. The van der Waals surface area contributed by atoms with Gasteiger partial charge in [-0.15, -0.1) is 0 Å². The molecule has 0 bridgehead atoms. The summed E-state index contributed by atoms with van der Waals surface area (Å²) in [5, 5.41) is 9.88. The normalized spacial score (nSPS) is 20.1.